The second kappa shape index (κ2) is 4.54. The fourth-order valence-corrected chi connectivity index (χ4v) is 3.29. The van der Waals surface area contributed by atoms with Crippen LogP contribution >= 0.6 is 11.9 Å². The lowest BCUT2D eigenvalue weighted by Gasteiger charge is -2.33. The highest BCUT2D eigenvalue weighted by Crippen LogP contribution is 2.34. The predicted molar refractivity (Wildman–Crippen MR) is 82.4 cm³/mol. The first-order chi connectivity index (χ1) is 8.99. The van der Waals surface area contributed by atoms with Crippen molar-refractivity contribution in [2.75, 3.05) is 14.1 Å². The number of hydrogen-bond donors (Lipinski definition) is 1. The van der Waals surface area contributed by atoms with Crippen LogP contribution in [-0.2, 0) is 13.1 Å². The number of aromatic nitrogens is 1. The zero-order chi connectivity index (χ0) is 13.6. The number of benzene rings is 1. The smallest absolute Gasteiger partial charge is 0.0485 e. The van der Waals surface area contributed by atoms with Crippen molar-refractivity contribution in [2.24, 2.45) is 0 Å². The summed E-state index contributed by atoms with van der Waals surface area (Å²) in [5, 5.41) is 1.39. The molecule has 1 aromatic carbocycles. The molecule has 4 heteroatoms. The van der Waals surface area contributed by atoms with Crippen LogP contribution in [-0.4, -0.2) is 29.1 Å². The molecule has 102 valence electrons. The van der Waals surface area contributed by atoms with E-state index >= 15 is 0 Å². The number of hydrogen-bond acceptors (Lipinski definition) is 3. The van der Waals surface area contributed by atoms with Crippen LogP contribution < -0.4 is 4.72 Å². The van der Waals surface area contributed by atoms with Crippen molar-refractivity contribution in [1.29, 1.82) is 0 Å². The molecule has 0 amide bonds. The van der Waals surface area contributed by atoms with E-state index in [0.29, 0.717) is 0 Å². The van der Waals surface area contributed by atoms with Gasteiger partial charge in [0.2, 0.25) is 0 Å². The van der Waals surface area contributed by atoms with Crippen LogP contribution in [0.2, 0.25) is 0 Å². The summed E-state index contributed by atoms with van der Waals surface area (Å²) in [4.78, 5) is 3.65. The maximum Gasteiger partial charge on any atom is 0.0485 e. The summed E-state index contributed by atoms with van der Waals surface area (Å²) >= 11 is 1.74. The highest BCUT2D eigenvalue weighted by molar-refractivity contribution is 7.97. The molecular formula is C15H21N3S. The van der Waals surface area contributed by atoms with E-state index in [4.69, 9.17) is 0 Å². The van der Waals surface area contributed by atoms with Crippen molar-refractivity contribution in [3.05, 3.63) is 30.0 Å². The van der Waals surface area contributed by atoms with Crippen molar-refractivity contribution in [1.82, 2.24) is 14.2 Å². The summed E-state index contributed by atoms with van der Waals surface area (Å²) in [6.07, 6.45) is 2.22. The van der Waals surface area contributed by atoms with E-state index in [1.165, 1.54) is 21.4 Å². The van der Waals surface area contributed by atoms with Gasteiger partial charge in [-0.1, -0.05) is 0 Å². The molecule has 0 unspecified atom stereocenters. The van der Waals surface area contributed by atoms with Crippen LogP contribution in [0.15, 0.2) is 29.3 Å². The number of likely N-dealkylation sites (N-methyl/N-ethyl adjacent to an activating group) is 1. The van der Waals surface area contributed by atoms with Gasteiger partial charge in [-0.05, 0) is 63.7 Å². The highest BCUT2D eigenvalue weighted by atomic mass is 32.2. The number of rotatable bonds is 3. The SMILES string of the molecule is CN(C)C(C)(C)Cn1ccc2c3c(ccc21)SNC3. The zero-order valence-electron chi connectivity index (χ0n) is 12.0. The molecule has 0 atom stereocenters. The Hall–Kier alpha value is -0.970. The van der Waals surface area contributed by atoms with E-state index in [1.807, 2.05) is 0 Å². The third-order valence-corrected chi connectivity index (χ3v) is 5.11. The summed E-state index contributed by atoms with van der Waals surface area (Å²) in [5.74, 6) is 0. The van der Waals surface area contributed by atoms with Gasteiger partial charge in [0, 0.05) is 40.6 Å². The van der Waals surface area contributed by atoms with Gasteiger partial charge in [-0.2, -0.15) is 0 Å². The molecule has 3 nitrogen and oxygen atoms in total. The third kappa shape index (κ3) is 2.18. The van der Waals surface area contributed by atoms with Crippen molar-refractivity contribution in [3.8, 4) is 0 Å². The number of fused-ring (bicyclic) bond motifs is 3. The quantitative estimate of drug-likeness (QED) is 0.869. The minimum absolute atomic E-state index is 0.151. The summed E-state index contributed by atoms with van der Waals surface area (Å²) in [7, 11) is 4.29. The van der Waals surface area contributed by atoms with Gasteiger partial charge in [0.15, 0.2) is 0 Å². The molecule has 0 spiro atoms. The number of nitrogens with zero attached hydrogens (tertiary/aromatic N) is 2. The Kier molecular flexibility index (Phi) is 3.12. The Balaban J connectivity index is 2.03. The average molecular weight is 275 g/mol. The topological polar surface area (TPSA) is 20.2 Å². The molecule has 1 aliphatic rings. The highest BCUT2D eigenvalue weighted by Gasteiger charge is 2.23. The normalized spacial score (nSPS) is 15.4. The molecule has 0 fully saturated rings. The molecule has 3 rings (SSSR count). The molecule has 1 aliphatic heterocycles. The minimum atomic E-state index is 0.151. The molecule has 2 aromatic rings. The average Bonchev–Trinajstić information content (AvgIpc) is 2.94. The minimum Gasteiger partial charge on any atom is -0.346 e. The van der Waals surface area contributed by atoms with Gasteiger partial charge >= 0.3 is 0 Å². The lowest BCUT2D eigenvalue weighted by molar-refractivity contribution is 0.171. The van der Waals surface area contributed by atoms with Gasteiger partial charge in [-0.15, -0.1) is 0 Å². The zero-order valence-corrected chi connectivity index (χ0v) is 12.8. The first kappa shape index (κ1) is 13.0. The lowest BCUT2D eigenvalue weighted by atomic mass is 10.0. The van der Waals surface area contributed by atoms with Crippen molar-refractivity contribution >= 4 is 22.9 Å². The fourth-order valence-electron chi connectivity index (χ4n) is 2.47. The molecular weight excluding hydrogens is 254 g/mol. The van der Waals surface area contributed by atoms with E-state index < -0.39 is 0 Å². The molecule has 1 N–H and O–H groups in total. The Morgan fingerprint density at radius 2 is 2.11 bits per heavy atom. The van der Waals surface area contributed by atoms with E-state index in [0.717, 1.165) is 13.1 Å². The first-order valence-corrected chi connectivity index (χ1v) is 7.48. The molecule has 0 bridgehead atoms. The van der Waals surface area contributed by atoms with Crippen molar-refractivity contribution < 1.29 is 0 Å². The molecule has 0 saturated carbocycles. The van der Waals surface area contributed by atoms with Gasteiger partial charge in [0.05, 0.1) is 0 Å². The fraction of sp³-hybridized carbons (Fsp3) is 0.467. The van der Waals surface area contributed by atoms with Crippen LogP contribution in [0, 0.1) is 0 Å². The Morgan fingerprint density at radius 3 is 2.84 bits per heavy atom. The van der Waals surface area contributed by atoms with E-state index in [9.17, 15) is 0 Å². The van der Waals surface area contributed by atoms with E-state index in [2.05, 4.69) is 66.5 Å². The molecule has 0 radical (unpaired) electrons. The first-order valence-electron chi connectivity index (χ1n) is 6.67. The predicted octanol–water partition coefficient (Wildman–Crippen LogP) is 3.09. The second-order valence-corrected chi connectivity index (χ2v) is 6.98. The van der Waals surface area contributed by atoms with Crippen LogP contribution in [0.5, 0.6) is 0 Å². The Labute approximate surface area is 119 Å². The maximum absolute atomic E-state index is 3.35. The molecule has 19 heavy (non-hydrogen) atoms. The maximum atomic E-state index is 3.35. The van der Waals surface area contributed by atoms with Crippen molar-refractivity contribution in [2.45, 2.75) is 37.4 Å². The molecule has 0 saturated heterocycles. The van der Waals surface area contributed by atoms with Gasteiger partial charge in [0.1, 0.15) is 0 Å². The Bertz CT molecular complexity index is 613. The summed E-state index contributed by atoms with van der Waals surface area (Å²) in [6.45, 7) is 6.54. The summed E-state index contributed by atoms with van der Waals surface area (Å²) < 4.78 is 5.73. The van der Waals surface area contributed by atoms with Crippen molar-refractivity contribution in [3.63, 3.8) is 0 Å². The van der Waals surface area contributed by atoms with Crippen LogP contribution in [0.3, 0.4) is 0 Å². The Morgan fingerprint density at radius 1 is 1.32 bits per heavy atom. The van der Waals surface area contributed by atoms with E-state index in [1.54, 1.807) is 11.9 Å². The second-order valence-electron chi connectivity index (χ2n) is 6.05. The molecule has 0 aliphatic carbocycles. The van der Waals surface area contributed by atoms with Crippen LogP contribution in [0.4, 0.5) is 0 Å². The van der Waals surface area contributed by atoms with Gasteiger partial charge < -0.3 is 9.47 Å². The summed E-state index contributed by atoms with van der Waals surface area (Å²) in [5.41, 5.74) is 2.94. The standard InChI is InChI=1S/C15H21N3S/c1-15(2,17(3)4)10-18-8-7-11-12-9-16-19-14(12)6-5-13(11)18/h5-8,16H,9-10H2,1-4H3. The van der Waals surface area contributed by atoms with Gasteiger partial charge in [-0.25, -0.2) is 0 Å². The number of nitrogens with one attached hydrogen (secondary N) is 1. The van der Waals surface area contributed by atoms with Gasteiger partial charge in [0.25, 0.3) is 0 Å². The van der Waals surface area contributed by atoms with Gasteiger partial charge in [-0.3, -0.25) is 4.72 Å². The van der Waals surface area contributed by atoms with Crippen LogP contribution in [0.25, 0.3) is 10.9 Å². The molecule has 2 heterocycles. The molecule has 1 aromatic heterocycles. The lowest BCUT2D eigenvalue weighted by Crippen LogP contribution is -2.41. The largest absolute Gasteiger partial charge is 0.346 e. The third-order valence-electron chi connectivity index (χ3n) is 4.22. The van der Waals surface area contributed by atoms with E-state index in [-0.39, 0.29) is 5.54 Å². The van der Waals surface area contributed by atoms with Crippen LogP contribution in [0.1, 0.15) is 19.4 Å². The summed E-state index contributed by atoms with van der Waals surface area (Å²) in [6, 6.07) is 6.74. The monoisotopic (exact) mass is 275 g/mol.